The van der Waals surface area contributed by atoms with Crippen LogP contribution in [-0.2, 0) is 11.2 Å². The van der Waals surface area contributed by atoms with Crippen LogP contribution in [0.4, 0.5) is 0 Å². The fourth-order valence-electron chi connectivity index (χ4n) is 2.30. The van der Waals surface area contributed by atoms with Crippen LogP contribution in [0, 0.1) is 0 Å². The predicted molar refractivity (Wildman–Crippen MR) is 81.1 cm³/mol. The zero-order chi connectivity index (χ0) is 13.0. The van der Waals surface area contributed by atoms with E-state index >= 15 is 0 Å². The normalized spacial score (nSPS) is 17.4. The van der Waals surface area contributed by atoms with E-state index in [0.717, 1.165) is 31.5 Å². The quantitative estimate of drug-likeness (QED) is 0.901. The Balaban J connectivity index is 0.00000180. The Morgan fingerprint density at radius 3 is 2.63 bits per heavy atom. The molecule has 0 aromatic heterocycles. The third-order valence-electron chi connectivity index (χ3n) is 3.46. The molecule has 0 aliphatic carbocycles. The van der Waals surface area contributed by atoms with Crippen LogP contribution in [0.2, 0.25) is 5.02 Å². The number of piperidine rings is 1. The molecule has 1 amide bonds. The van der Waals surface area contributed by atoms with Gasteiger partial charge >= 0.3 is 0 Å². The monoisotopic (exact) mass is 302 g/mol. The molecule has 1 fully saturated rings. The first-order valence-electron chi connectivity index (χ1n) is 6.34. The lowest BCUT2D eigenvalue weighted by molar-refractivity contribution is -0.122. The highest BCUT2D eigenvalue weighted by molar-refractivity contribution is 6.31. The van der Waals surface area contributed by atoms with Crippen molar-refractivity contribution in [3.8, 4) is 0 Å². The predicted octanol–water partition coefficient (Wildman–Crippen LogP) is 2.56. The number of carbonyl (C=O) groups excluding carboxylic acids is 1. The van der Waals surface area contributed by atoms with Gasteiger partial charge in [0, 0.05) is 10.6 Å². The average Bonchev–Trinajstić information content (AvgIpc) is 2.32. The molecule has 0 radical (unpaired) electrons. The van der Waals surface area contributed by atoms with Gasteiger partial charge in [-0.25, -0.2) is 0 Å². The van der Waals surface area contributed by atoms with E-state index in [0.29, 0.717) is 11.4 Å². The van der Waals surface area contributed by atoms with Crippen LogP contribution in [0.25, 0.3) is 0 Å². The SMILES string of the molecule is CC1(NC(=O)Cc2ccccc2Cl)CCNCC1.Cl. The average molecular weight is 303 g/mol. The molecule has 0 atom stereocenters. The van der Waals surface area contributed by atoms with Crippen LogP contribution in [0.5, 0.6) is 0 Å². The van der Waals surface area contributed by atoms with E-state index in [1.165, 1.54) is 0 Å². The summed E-state index contributed by atoms with van der Waals surface area (Å²) in [7, 11) is 0. The molecule has 0 bridgehead atoms. The Hall–Kier alpha value is -0.770. The molecule has 1 heterocycles. The second-order valence-electron chi connectivity index (χ2n) is 5.13. The molecule has 19 heavy (non-hydrogen) atoms. The molecule has 0 unspecified atom stereocenters. The number of carbonyl (C=O) groups is 1. The first kappa shape index (κ1) is 16.3. The van der Waals surface area contributed by atoms with Crippen LogP contribution >= 0.6 is 24.0 Å². The molecule has 1 aromatic carbocycles. The topological polar surface area (TPSA) is 41.1 Å². The molecule has 0 spiro atoms. The van der Waals surface area contributed by atoms with Gasteiger partial charge < -0.3 is 10.6 Å². The fraction of sp³-hybridized carbons (Fsp3) is 0.500. The minimum Gasteiger partial charge on any atom is -0.351 e. The standard InChI is InChI=1S/C14H19ClN2O.ClH/c1-14(6-8-16-9-7-14)17-13(18)10-11-4-2-3-5-12(11)15;/h2-5,16H,6-10H2,1H3,(H,17,18);1H. The Morgan fingerprint density at radius 1 is 1.37 bits per heavy atom. The van der Waals surface area contributed by atoms with Gasteiger partial charge in [-0.3, -0.25) is 4.79 Å². The van der Waals surface area contributed by atoms with Gasteiger partial charge in [0.2, 0.25) is 5.91 Å². The van der Waals surface area contributed by atoms with E-state index in [1.54, 1.807) is 0 Å². The molecular formula is C14H20Cl2N2O. The molecule has 1 aliphatic heterocycles. The number of benzene rings is 1. The summed E-state index contributed by atoms with van der Waals surface area (Å²) in [6.45, 7) is 4.03. The Labute approximate surface area is 125 Å². The van der Waals surface area contributed by atoms with Gasteiger partial charge in [-0.05, 0) is 44.5 Å². The second-order valence-corrected chi connectivity index (χ2v) is 5.53. The van der Waals surface area contributed by atoms with E-state index in [-0.39, 0.29) is 23.9 Å². The third-order valence-corrected chi connectivity index (χ3v) is 3.83. The number of nitrogens with one attached hydrogen (secondary N) is 2. The van der Waals surface area contributed by atoms with Gasteiger partial charge in [0.15, 0.2) is 0 Å². The van der Waals surface area contributed by atoms with Crippen molar-refractivity contribution >= 4 is 29.9 Å². The Kier molecular flexibility index (Phi) is 6.11. The van der Waals surface area contributed by atoms with Crippen molar-refractivity contribution in [1.29, 1.82) is 0 Å². The summed E-state index contributed by atoms with van der Waals surface area (Å²) in [4.78, 5) is 12.0. The molecule has 1 saturated heterocycles. The first-order valence-corrected chi connectivity index (χ1v) is 6.72. The first-order chi connectivity index (χ1) is 8.59. The minimum absolute atomic E-state index is 0. The highest BCUT2D eigenvalue weighted by Crippen LogP contribution is 2.19. The van der Waals surface area contributed by atoms with Gasteiger partial charge in [0.25, 0.3) is 0 Å². The highest BCUT2D eigenvalue weighted by atomic mass is 35.5. The van der Waals surface area contributed by atoms with Crippen molar-refractivity contribution < 1.29 is 4.79 Å². The summed E-state index contributed by atoms with van der Waals surface area (Å²) in [5.41, 5.74) is 0.804. The van der Waals surface area contributed by atoms with Crippen LogP contribution in [-0.4, -0.2) is 24.5 Å². The smallest absolute Gasteiger partial charge is 0.224 e. The number of rotatable bonds is 3. The van der Waals surface area contributed by atoms with E-state index < -0.39 is 0 Å². The highest BCUT2D eigenvalue weighted by Gasteiger charge is 2.28. The lowest BCUT2D eigenvalue weighted by atomic mass is 9.90. The summed E-state index contributed by atoms with van der Waals surface area (Å²) in [6, 6.07) is 7.49. The molecule has 0 saturated carbocycles. The van der Waals surface area contributed by atoms with Gasteiger partial charge in [-0.1, -0.05) is 29.8 Å². The maximum Gasteiger partial charge on any atom is 0.224 e. The van der Waals surface area contributed by atoms with Crippen molar-refractivity contribution in [3.05, 3.63) is 34.9 Å². The van der Waals surface area contributed by atoms with Crippen LogP contribution in [0.15, 0.2) is 24.3 Å². The van der Waals surface area contributed by atoms with Gasteiger partial charge in [0.05, 0.1) is 6.42 Å². The zero-order valence-corrected chi connectivity index (χ0v) is 12.6. The van der Waals surface area contributed by atoms with E-state index in [1.807, 2.05) is 24.3 Å². The molecular weight excluding hydrogens is 283 g/mol. The lowest BCUT2D eigenvalue weighted by Crippen LogP contribution is -2.52. The van der Waals surface area contributed by atoms with Gasteiger partial charge in [-0.15, -0.1) is 12.4 Å². The summed E-state index contributed by atoms with van der Waals surface area (Å²) >= 11 is 6.06. The molecule has 5 heteroatoms. The molecule has 106 valence electrons. The molecule has 1 aromatic rings. The molecule has 2 N–H and O–H groups in total. The number of hydrogen-bond acceptors (Lipinski definition) is 2. The lowest BCUT2D eigenvalue weighted by Gasteiger charge is -2.35. The third kappa shape index (κ3) is 4.68. The van der Waals surface area contributed by atoms with E-state index in [9.17, 15) is 4.79 Å². The zero-order valence-electron chi connectivity index (χ0n) is 11.0. The van der Waals surface area contributed by atoms with E-state index in [2.05, 4.69) is 17.6 Å². The Morgan fingerprint density at radius 2 is 2.00 bits per heavy atom. The number of halogens is 2. The molecule has 2 rings (SSSR count). The fourth-order valence-corrected chi connectivity index (χ4v) is 2.50. The second kappa shape index (κ2) is 7.13. The van der Waals surface area contributed by atoms with Crippen molar-refractivity contribution in [1.82, 2.24) is 10.6 Å². The summed E-state index contributed by atoms with van der Waals surface area (Å²) < 4.78 is 0. The molecule has 3 nitrogen and oxygen atoms in total. The van der Waals surface area contributed by atoms with Crippen LogP contribution < -0.4 is 10.6 Å². The maximum atomic E-state index is 12.0. The van der Waals surface area contributed by atoms with Crippen molar-refractivity contribution in [3.63, 3.8) is 0 Å². The van der Waals surface area contributed by atoms with Crippen LogP contribution in [0.1, 0.15) is 25.3 Å². The van der Waals surface area contributed by atoms with Crippen LogP contribution in [0.3, 0.4) is 0 Å². The van der Waals surface area contributed by atoms with Crippen molar-refractivity contribution in [2.24, 2.45) is 0 Å². The minimum atomic E-state index is -0.0798. The molecule has 1 aliphatic rings. The number of hydrogen-bond donors (Lipinski definition) is 2. The van der Waals surface area contributed by atoms with Crippen molar-refractivity contribution in [2.75, 3.05) is 13.1 Å². The van der Waals surface area contributed by atoms with Gasteiger partial charge in [-0.2, -0.15) is 0 Å². The Bertz CT molecular complexity index is 431. The van der Waals surface area contributed by atoms with Gasteiger partial charge in [0.1, 0.15) is 0 Å². The van der Waals surface area contributed by atoms with E-state index in [4.69, 9.17) is 11.6 Å². The summed E-state index contributed by atoms with van der Waals surface area (Å²) in [5, 5.41) is 7.09. The summed E-state index contributed by atoms with van der Waals surface area (Å²) in [5.74, 6) is 0.0486. The largest absolute Gasteiger partial charge is 0.351 e. The van der Waals surface area contributed by atoms with Crippen molar-refractivity contribution in [2.45, 2.75) is 31.7 Å². The summed E-state index contributed by atoms with van der Waals surface area (Å²) in [6.07, 6.45) is 2.30. The number of amides is 1. The maximum absolute atomic E-state index is 12.0.